The van der Waals surface area contributed by atoms with Gasteiger partial charge < -0.3 is 11.1 Å². The van der Waals surface area contributed by atoms with E-state index >= 15 is 0 Å². The number of nitrogens with one attached hydrogen (secondary N) is 1. The van der Waals surface area contributed by atoms with Crippen molar-refractivity contribution in [3.8, 4) is 0 Å². The van der Waals surface area contributed by atoms with Gasteiger partial charge in [0.15, 0.2) is 0 Å². The Kier molecular flexibility index (Phi) is 2.02. The van der Waals surface area contributed by atoms with Crippen LogP contribution in [-0.4, -0.2) is 11.0 Å². The number of benzene rings is 1. The molecule has 0 unspecified atom stereocenters. The first-order valence-electron chi connectivity index (χ1n) is 4.17. The number of nitrogens with zero attached hydrogens (tertiary/aromatic N) is 1. The lowest BCUT2D eigenvalue weighted by atomic mass is 10.2. The Labute approximate surface area is 80.7 Å². The molecule has 0 atom stereocenters. The Morgan fingerprint density at radius 2 is 2.21 bits per heavy atom. The third kappa shape index (κ3) is 1.64. The standard InChI is InChI=1S/C10H9N3O/c11-10(14)13-8-4-3-7-2-1-5-12-9(7)6-8/h1-6H,(H3,11,13,14). The van der Waals surface area contributed by atoms with Crippen molar-refractivity contribution in [2.24, 2.45) is 5.73 Å². The number of carbonyl (C=O) groups is 1. The SMILES string of the molecule is NC(=O)Nc1ccc2cccnc2c1. The van der Waals surface area contributed by atoms with Gasteiger partial charge in [0.25, 0.3) is 0 Å². The predicted octanol–water partition coefficient (Wildman–Crippen LogP) is 1.73. The van der Waals surface area contributed by atoms with E-state index in [0.717, 1.165) is 10.9 Å². The fourth-order valence-electron chi connectivity index (χ4n) is 1.29. The number of hydrogen-bond acceptors (Lipinski definition) is 2. The number of primary amides is 1. The molecule has 0 saturated carbocycles. The number of fused-ring (bicyclic) bond motifs is 1. The van der Waals surface area contributed by atoms with Crippen LogP contribution in [0.15, 0.2) is 36.5 Å². The van der Waals surface area contributed by atoms with Crippen LogP contribution < -0.4 is 11.1 Å². The minimum absolute atomic E-state index is 0.569. The van der Waals surface area contributed by atoms with Crippen molar-refractivity contribution in [3.05, 3.63) is 36.5 Å². The summed E-state index contributed by atoms with van der Waals surface area (Å²) in [5.74, 6) is 0. The zero-order valence-corrected chi connectivity index (χ0v) is 7.40. The Morgan fingerprint density at radius 1 is 1.36 bits per heavy atom. The number of urea groups is 1. The van der Waals surface area contributed by atoms with Gasteiger partial charge in [-0.05, 0) is 18.2 Å². The molecule has 2 aromatic rings. The van der Waals surface area contributed by atoms with E-state index in [0.29, 0.717) is 5.69 Å². The van der Waals surface area contributed by atoms with Gasteiger partial charge in [0.05, 0.1) is 5.52 Å². The van der Waals surface area contributed by atoms with Crippen LogP contribution in [0.2, 0.25) is 0 Å². The van der Waals surface area contributed by atoms with Gasteiger partial charge in [0, 0.05) is 17.3 Å². The third-order valence-corrected chi connectivity index (χ3v) is 1.87. The van der Waals surface area contributed by atoms with E-state index in [1.807, 2.05) is 18.2 Å². The van der Waals surface area contributed by atoms with E-state index < -0.39 is 6.03 Å². The number of carbonyl (C=O) groups excluding carboxylic acids is 1. The van der Waals surface area contributed by atoms with E-state index in [1.54, 1.807) is 18.3 Å². The van der Waals surface area contributed by atoms with Crippen LogP contribution in [0.25, 0.3) is 10.9 Å². The smallest absolute Gasteiger partial charge is 0.316 e. The van der Waals surface area contributed by atoms with E-state index in [-0.39, 0.29) is 0 Å². The molecule has 70 valence electrons. The van der Waals surface area contributed by atoms with Crippen LogP contribution in [0.4, 0.5) is 10.5 Å². The molecular formula is C10H9N3O. The maximum absolute atomic E-state index is 10.6. The van der Waals surface area contributed by atoms with E-state index in [4.69, 9.17) is 5.73 Å². The number of hydrogen-bond donors (Lipinski definition) is 2. The molecule has 2 amide bonds. The first kappa shape index (κ1) is 8.50. The van der Waals surface area contributed by atoms with Gasteiger partial charge in [0.1, 0.15) is 0 Å². The van der Waals surface area contributed by atoms with Crippen molar-refractivity contribution >= 4 is 22.6 Å². The highest BCUT2D eigenvalue weighted by Gasteiger charge is 1.98. The van der Waals surface area contributed by atoms with Gasteiger partial charge in [-0.2, -0.15) is 0 Å². The maximum atomic E-state index is 10.6. The van der Waals surface area contributed by atoms with Gasteiger partial charge in [-0.1, -0.05) is 12.1 Å². The molecule has 2 rings (SSSR count). The minimum Gasteiger partial charge on any atom is -0.351 e. The van der Waals surface area contributed by atoms with Crippen molar-refractivity contribution in [2.75, 3.05) is 5.32 Å². The number of nitrogens with two attached hydrogens (primary N) is 1. The summed E-state index contributed by atoms with van der Waals surface area (Å²) in [6.45, 7) is 0. The number of rotatable bonds is 1. The second-order valence-corrected chi connectivity index (χ2v) is 2.90. The van der Waals surface area contributed by atoms with Crippen LogP contribution in [0.5, 0.6) is 0 Å². The quantitative estimate of drug-likeness (QED) is 0.713. The fourth-order valence-corrected chi connectivity index (χ4v) is 1.29. The third-order valence-electron chi connectivity index (χ3n) is 1.87. The lowest BCUT2D eigenvalue weighted by Gasteiger charge is -2.02. The molecule has 0 fully saturated rings. The average molecular weight is 187 g/mol. The van der Waals surface area contributed by atoms with Crippen molar-refractivity contribution in [1.29, 1.82) is 0 Å². The van der Waals surface area contributed by atoms with Gasteiger partial charge in [-0.15, -0.1) is 0 Å². The van der Waals surface area contributed by atoms with Gasteiger partial charge in [-0.25, -0.2) is 4.79 Å². The molecule has 0 aliphatic rings. The zero-order chi connectivity index (χ0) is 9.97. The maximum Gasteiger partial charge on any atom is 0.316 e. The summed E-state index contributed by atoms with van der Waals surface area (Å²) in [4.78, 5) is 14.8. The van der Waals surface area contributed by atoms with Crippen molar-refractivity contribution in [3.63, 3.8) is 0 Å². The molecule has 0 bridgehead atoms. The van der Waals surface area contributed by atoms with Crippen LogP contribution in [0.1, 0.15) is 0 Å². The number of amides is 2. The van der Waals surface area contributed by atoms with E-state index in [1.165, 1.54) is 0 Å². The first-order chi connectivity index (χ1) is 6.75. The molecule has 1 heterocycles. The largest absolute Gasteiger partial charge is 0.351 e. The highest BCUT2D eigenvalue weighted by molar-refractivity contribution is 5.91. The Bertz CT molecular complexity index is 482. The molecule has 0 aliphatic carbocycles. The van der Waals surface area contributed by atoms with E-state index in [2.05, 4.69) is 10.3 Å². The second-order valence-electron chi connectivity index (χ2n) is 2.90. The summed E-state index contributed by atoms with van der Waals surface area (Å²) in [6, 6.07) is 8.70. The lowest BCUT2D eigenvalue weighted by molar-refractivity contribution is 0.259. The normalized spacial score (nSPS) is 10.0. The second kappa shape index (κ2) is 3.33. The topological polar surface area (TPSA) is 68.0 Å². The van der Waals surface area contributed by atoms with Gasteiger partial charge in [0.2, 0.25) is 0 Å². The van der Waals surface area contributed by atoms with Gasteiger partial charge >= 0.3 is 6.03 Å². The van der Waals surface area contributed by atoms with Crippen LogP contribution in [0.3, 0.4) is 0 Å². The molecule has 1 aromatic carbocycles. The number of aromatic nitrogens is 1. The molecule has 4 heteroatoms. The minimum atomic E-state index is -0.569. The van der Waals surface area contributed by atoms with Crippen LogP contribution >= 0.6 is 0 Å². The highest BCUT2D eigenvalue weighted by atomic mass is 16.2. The van der Waals surface area contributed by atoms with E-state index in [9.17, 15) is 4.79 Å². The Morgan fingerprint density at radius 3 is 3.00 bits per heavy atom. The molecular weight excluding hydrogens is 178 g/mol. The highest BCUT2D eigenvalue weighted by Crippen LogP contribution is 2.16. The molecule has 0 saturated heterocycles. The summed E-state index contributed by atoms with van der Waals surface area (Å²) in [5, 5.41) is 3.53. The predicted molar refractivity (Wildman–Crippen MR) is 54.9 cm³/mol. The Balaban J connectivity index is 2.46. The fraction of sp³-hybridized carbons (Fsp3) is 0. The Hall–Kier alpha value is -2.10. The molecule has 14 heavy (non-hydrogen) atoms. The zero-order valence-electron chi connectivity index (χ0n) is 7.40. The molecule has 0 radical (unpaired) electrons. The number of pyridine rings is 1. The van der Waals surface area contributed by atoms with Crippen molar-refractivity contribution in [1.82, 2.24) is 4.98 Å². The summed E-state index contributed by atoms with van der Waals surface area (Å²) in [6.07, 6.45) is 1.70. The van der Waals surface area contributed by atoms with Crippen LogP contribution in [0, 0.1) is 0 Å². The molecule has 0 aliphatic heterocycles. The first-order valence-corrected chi connectivity index (χ1v) is 4.17. The van der Waals surface area contributed by atoms with Crippen LogP contribution in [-0.2, 0) is 0 Å². The molecule has 3 N–H and O–H groups in total. The lowest BCUT2D eigenvalue weighted by Crippen LogP contribution is -2.19. The van der Waals surface area contributed by atoms with Crippen molar-refractivity contribution < 1.29 is 4.79 Å². The molecule has 1 aromatic heterocycles. The summed E-state index contributed by atoms with van der Waals surface area (Å²) in [7, 11) is 0. The summed E-state index contributed by atoms with van der Waals surface area (Å²) in [5.41, 5.74) is 6.49. The molecule has 4 nitrogen and oxygen atoms in total. The summed E-state index contributed by atoms with van der Waals surface area (Å²) >= 11 is 0. The van der Waals surface area contributed by atoms with Crippen molar-refractivity contribution in [2.45, 2.75) is 0 Å². The molecule has 0 spiro atoms. The summed E-state index contributed by atoms with van der Waals surface area (Å²) < 4.78 is 0. The number of anilines is 1. The average Bonchev–Trinajstić information content (AvgIpc) is 2.17. The van der Waals surface area contributed by atoms with Gasteiger partial charge in [-0.3, -0.25) is 4.98 Å². The monoisotopic (exact) mass is 187 g/mol.